The zero-order valence-electron chi connectivity index (χ0n) is 14.0. The van der Waals surface area contributed by atoms with Crippen LogP contribution in [0.1, 0.15) is 0 Å². The number of hydrogen-bond donors (Lipinski definition) is 1. The van der Waals surface area contributed by atoms with Crippen molar-refractivity contribution in [2.45, 2.75) is 4.90 Å². The third kappa shape index (κ3) is 4.87. The highest BCUT2D eigenvalue weighted by Gasteiger charge is 2.20. The van der Waals surface area contributed by atoms with Gasteiger partial charge in [0.2, 0.25) is 15.8 Å². The Kier molecular flexibility index (Phi) is 6.46. The van der Waals surface area contributed by atoms with Gasteiger partial charge in [0.1, 0.15) is 19.5 Å². The first-order valence-corrected chi connectivity index (χ1v) is 9.17. The molecule has 1 aromatic rings. The van der Waals surface area contributed by atoms with Gasteiger partial charge in [-0.25, -0.2) is 17.5 Å². The number of benzene rings is 1. The second-order valence-corrected chi connectivity index (χ2v) is 7.81. The number of hydrogen-bond acceptors (Lipinski definition) is 7. The Bertz CT molecular complexity index is 836. The second kappa shape index (κ2) is 8.39. The van der Waals surface area contributed by atoms with Gasteiger partial charge in [0.15, 0.2) is 6.61 Å². The van der Waals surface area contributed by atoms with Crippen LogP contribution in [0.4, 0.5) is 5.69 Å². The van der Waals surface area contributed by atoms with Crippen LogP contribution in [0.15, 0.2) is 35.1 Å². The van der Waals surface area contributed by atoms with Crippen LogP contribution in [0.25, 0.3) is 0 Å². The summed E-state index contributed by atoms with van der Waals surface area (Å²) in [5.41, 5.74) is 0.0760. The van der Waals surface area contributed by atoms with E-state index < -0.39 is 28.5 Å². The number of sulfonamides is 1. The number of esters is 1. The minimum atomic E-state index is -3.69. The van der Waals surface area contributed by atoms with Gasteiger partial charge in [-0.1, -0.05) is 11.6 Å². The number of carbonyl (C=O) groups excluding carboxylic acids is 2. The van der Waals surface area contributed by atoms with Crippen LogP contribution < -0.4 is 5.32 Å². The van der Waals surface area contributed by atoms with E-state index in [9.17, 15) is 18.0 Å². The average molecular weight is 405 g/mol. The average Bonchev–Trinajstić information content (AvgIpc) is 2.62. The molecule has 0 radical (unpaired) electrons. The maximum absolute atomic E-state index is 12.1. The summed E-state index contributed by atoms with van der Waals surface area (Å²) in [4.78, 5) is 23.6. The maximum Gasteiger partial charge on any atom is 0.377 e. The van der Waals surface area contributed by atoms with Crippen molar-refractivity contribution < 1.29 is 32.2 Å². The van der Waals surface area contributed by atoms with Crippen molar-refractivity contribution >= 4 is 39.2 Å². The van der Waals surface area contributed by atoms with Crippen molar-refractivity contribution in [2.75, 3.05) is 39.2 Å². The number of anilines is 1. The molecule has 26 heavy (non-hydrogen) atoms. The number of halogens is 1. The van der Waals surface area contributed by atoms with Gasteiger partial charge in [-0.05, 0) is 18.2 Å². The molecule has 0 unspecified atom stereocenters. The third-order valence-corrected chi connectivity index (χ3v) is 5.32. The molecular weight excluding hydrogens is 388 g/mol. The number of nitrogens with zero attached hydrogens (tertiary/aromatic N) is 1. The van der Waals surface area contributed by atoms with E-state index in [1.54, 1.807) is 0 Å². The van der Waals surface area contributed by atoms with Gasteiger partial charge in [0, 0.05) is 14.1 Å². The molecule has 0 aliphatic carbocycles. The standard InChI is InChI=1S/C15H17ClN2O7S/c1-18(2)26(21,22)10-3-4-11(16)12(7-10)17-14(19)9-25-15(20)13-8-23-5-6-24-13/h3-4,7-8H,5-6,9H2,1-2H3,(H,17,19). The minimum absolute atomic E-state index is 0.0443. The monoisotopic (exact) mass is 404 g/mol. The van der Waals surface area contributed by atoms with Gasteiger partial charge < -0.3 is 19.5 Å². The molecule has 0 atom stereocenters. The molecular formula is C15H17ClN2O7S. The summed E-state index contributed by atoms with van der Waals surface area (Å²) in [6.45, 7) is -0.0850. The van der Waals surface area contributed by atoms with E-state index in [4.69, 9.17) is 25.8 Å². The Labute approximate surface area is 155 Å². The Balaban J connectivity index is 2.02. The Morgan fingerprint density at radius 2 is 2.04 bits per heavy atom. The highest BCUT2D eigenvalue weighted by atomic mass is 35.5. The molecule has 0 fully saturated rings. The van der Waals surface area contributed by atoms with Crippen molar-refractivity contribution in [1.82, 2.24) is 4.31 Å². The van der Waals surface area contributed by atoms with Crippen molar-refractivity contribution in [3.05, 3.63) is 35.2 Å². The Morgan fingerprint density at radius 1 is 1.31 bits per heavy atom. The number of amides is 1. The highest BCUT2D eigenvalue weighted by Crippen LogP contribution is 2.26. The van der Waals surface area contributed by atoms with Crippen LogP contribution in [0.5, 0.6) is 0 Å². The zero-order chi connectivity index (χ0) is 19.3. The van der Waals surface area contributed by atoms with E-state index >= 15 is 0 Å². The lowest BCUT2D eigenvalue weighted by Crippen LogP contribution is -2.24. The third-order valence-electron chi connectivity index (χ3n) is 3.18. The quantitative estimate of drug-likeness (QED) is 0.703. The molecule has 0 bridgehead atoms. The van der Waals surface area contributed by atoms with E-state index in [1.165, 1.54) is 32.3 Å². The normalized spacial score (nSPS) is 14.1. The smallest absolute Gasteiger partial charge is 0.377 e. The van der Waals surface area contributed by atoms with Crippen LogP contribution in [0.3, 0.4) is 0 Å². The fourth-order valence-corrected chi connectivity index (χ4v) is 2.93. The first-order chi connectivity index (χ1) is 12.2. The molecule has 1 N–H and O–H groups in total. The lowest BCUT2D eigenvalue weighted by atomic mass is 10.3. The molecule has 9 nitrogen and oxygen atoms in total. The van der Waals surface area contributed by atoms with Gasteiger partial charge in [-0.2, -0.15) is 0 Å². The molecule has 1 aliphatic rings. The molecule has 0 saturated carbocycles. The number of nitrogens with one attached hydrogen (secondary N) is 1. The predicted molar refractivity (Wildman–Crippen MR) is 91.9 cm³/mol. The summed E-state index contributed by atoms with van der Waals surface area (Å²) >= 11 is 5.98. The number of ether oxygens (including phenoxy) is 3. The summed E-state index contributed by atoms with van der Waals surface area (Å²) in [6.07, 6.45) is 1.11. The molecule has 1 amide bonds. The number of rotatable bonds is 6. The summed E-state index contributed by atoms with van der Waals surface area (Å²) in [6, 6.07) is 3.88. The van der Waals surface area contributed by atoms with Crippen LogP contribution in [-0.2, 0) is 33.8 Å². The van der Waals surface area contributed by atoms with Crippen LogP contribution in [0.2, 0.25) is 5.02 Å². The summed E-state index contributed by atoms with van der Waals surface area (Å²) in [5, 5.41) is 2.53. The van der Waals surface area contributed by atoms with Crippen LogP contribution in [0, 0.1) is 0 Å². The van der Waals surface area contributed by atoms with Gasteiger partial charge in [-0.15, -0.1) is 0 Å². The van der Waals surface area contributed by atoms with Crippen molar-refractivity contribution in [3.63, 3.8) is 0 Å². The van der Waals surface area contributed by atoms with Crippen molar-refractivity contribution in [3.8, 4) is 0 Å². The first-order valence-electron chi connectivity index (χ1n) is 7.35. The molecule has 0 spiro atoms. The van der Waals surface area contributed by atoms with Gasteiger partial charge >= 0.3 is 5.97 Å². The summed E-state index contributed by atoms with van der Waals surface area (Å²) < 4.78 is 40.1. The molecule has 142 valence electrons. The fourth-order valence-electron chi connectivity index (χ4n) is 1.84. The molecule has 0 saturated heterocycles. The van der Waals surface area contributed by atoms with E-state index in [2.05, 4.69) is 5.32 Å². The molecule has 1 aliphatic heterocycles. The molecule has 1 heterocycles. The lowest BCUT2D eigenvalue weighted by molar-refractivity contribution is -0.148. The van der Waals surface area contributed by atoms with Gasteiger partial charge in [0.05, 0.1) is 15.6 Å². The SMILES string of the molecule is CN(C)S(=O)(=O)c1ccc(Cl)c(NC(=O)COC(=O)C2=COCCO2)c1. The van der Waals surface area contributed by atoms with E-state index in [0.29, 0.717) is 6.61 Å². The summed E-state index contributed by atoms with van der Waals surface area (Å²) in [5.74, 6) is -1.69. The topological polar surface area (TPSA) is 111 Å². The van der Waals surface area contributed by atoms with Crippen LogP contribution in [-0.4, -0.2) is 58.5 Å². The number of carbonyl (C=O) groups is 2. The van der Waals surface area contributed by atoms with Gasteiger partial charge in [0.25, 0.3) is 5.91 Å². The molecule has 11 heteroatoms. The molecule has 1 aromatic carbocycles. The van der Waals surface area contributed by atoms with Crippen LogP contribution >= 0.6 is 11.6 Å². The molecule has 2 rings (SSSR count). The first kappa shape index (κ1) is 20.0. The lowest BCUT2D eigenvalue weighted by Gasteiger charge is -2.15. The van der Waals surface area contributed by atoms with Crippen molar-refractivity contribution in [1.29, 1.82) is 0 Å². The van der Waals surface area contributed by atoms with E-state index in [-0.39, 0.29) is 28.0 Å². The second-order valence-electron chi connectivity index (χ2n) is 5.25. The zero-order valence-corrected chi connectivity index (χ0v) is 15.6. The minimum Gasteiger partial charge on any atom is -0.493 e. The summed E-state index contributed by atoms with van der Waals surface area (Å²) in [7, 11) is -0.927. The van der Waals surface area contributed by atoms with Gasteiger partial charge in [-0.3, -0.25) is 4.79 Å². The predicted octanol–water partition coefficient (Wildman–Crippen LogP) is 0.960. The van der Waals surface area contributed by atoms with Crippen molar-refractivity contribution in [2.24, 2.45) is 0 Å². The fraction of sp³-hybridized carbons (Fsp3) is 0.333. The largest absolute Gasteiger partial charge is 0.493 e. The Hall–Kier alpha value is -2.30. The maximum atomic E-state index is 12.1. The Morgan fingerprint density at radius 3 is 2.65 bits per heavy atom. The highest BCUT2D eigenvalue weighted by molar-refractivity contribution is 7.89. The molecule has 0 aromatic heterocycles. The van der Waals surface area contributed by atoms with E-state index in [0.717, 1.165) is 10.6 Å². The van der Waals surface area contributed by atoms with E-state index in [1.807, 2.05) is 0 Å².